The number of aliphatic imine (C=N–C) groups is 1. The second kappa shape index (κ2) is 6.23. The van der Waals surface area contributed by atoms with Crippen LogP contribution >= 0.6 is 0 Å². The highest BCUT2D eigenvalue weighted by atomic mass is 16.6. The second-order valence-corrected chi connectivity index (χ2v) is 4.91. The quantitative estimate of drug-likeness (QED) is 0.311. The summed E-state index contributed by atoms with van der Waals surface area (Å²) >= 11 is 0. The third-order valence-electron chi connectivity index (χ3n) is 3.38. The number of imidazole rings is 1. The maximum absolute atomic E-state index is 10.7. The summed E-state index contributed by atoms with van der Waals surface area (Å²) in [4.78, 5) is 19.1. The minimum Gasteiger partial charge on any atom is -0.305 e. The Hall–Kier alpha value is -3.28. The molecule has 0 amide bonds. The van der Waals surface area contributed by atoms with Crippen molar-refractivity contribution in [3.05, 3.63) is 76.9 Å². The number of aromatic nitrogens is 2. The SMILES string of the molecule is C=CCn1c(/N=C/c2ccc([N+](=O)[O-])cc2)nc2ccccc21. The lowest BCUT2D eigenvalue weighted by Crippen LogP contribution is -1.94. The Bertz CT molecular complexity index is 895. The molecular formula is C17H14N4O2. The molecule has 0 atom stereocenters. The van der Waals surface area contributed by atoms with Crippen molar-refractivity contribution in [2.24, 2.45) is 4.99 Å². The molecule has 0 N–H and O–H groups in total. The first-order chi connectivity index (χ1) is 11.2. The van der Waals surface area contributed by atoms with Crippen LogP contribution in [0.1, 0.15) is 5.56 Å². The Morgan fingerprint density at radius 2 is 1.96 bits per heavy atom. The van der Waals surface area contributed by atoms with Gasteiger partial charge in [0.15, 0.2) is 0 Å². The van der Waals surface area contributed by atoms with E-state index in [2.05, 4.69) is 16.6 Å². The normalized spacial score (nSPS) is 11.1. The Morgan fingerprint density at radius 3 is 2.65 bits per heavy atom. The fraction of sp³-hybridized carbons (Fsp3) is 0.0588. The lowest BCUT2D eigenvalue weighted by Gasteiger charge is -2.01. The summed E-state index contributed by atoms with van der Waals surface area (Å²) in [7, 11) is 0. The van der Waals surface area contributed by atoms with Gasteiger partial charge in [0.2, 0.25) is 5.95 Å². The van der Waals surface area contributed by atoms with Gasteiger partial charge in [0, 0.05) is 24.9 Å². The van der Waals surface area contributed by atoms with Crippen molar-refractivity contribution in [3.8, 4) is 0 Å². The van der Waals surface area contributed by atoms with Crippen molar-refractivity contribution in [2.45, 2.75) is 6.54 Å². The van der Waals surface area contributed by atoms with Crippen molar-refractivity contribution >= 4 is 28.9 Å². The van der Waals surface area contributed by atoms with Gasteiger partial charge in [-0.1, -0.05) is 18.2 Å². The van der Waals surface area contributed by atoms with Crippen LogP contribution in [0, 0.1) is 10.1 Å². The van der Waals surface area contributed by atoms with E-state index < -0.39 is 4.92 Å². The molecule has 0 radical (unpaired) electrons. The number of para-hydroxylation sites is 2. The van der Waals surface area contributed by atoms with Crippen LogP contribution in [0.25, 0.3) is 11.0 Å². The number of fused-ring (bicyclic) bond motifs is 1. The van der Waals surface area contributed by atoms with E-state index >= 15 is 0 Å². The second-order valence-electron chi connectivity index (χ2n) is 4.91. The molecule has 0 aliphatic carbocycles. The first-order valence-corrected chi connectivity index (χ1v) is 7.04. The highest BCUT2D eigenvalue weighted by molar-refractivity contribution is 5.84. The first-order valence-electron chi connectivity index (χ1n) is 7.04. The summed E-state index contributed by atoms with van der Waals surface area (Å²) in [5.41, 5.74) is 2.68. The van der Waals surface area contributed by atoms with Gasteiger partial charge in [0.05, 0.1) is 16.0 Å². The van der Waals surface area contributed by atoms with Crippen LogP contribution in [0.5, 0.6) is 0 Å². The number of rotatable bonds is 5. The van der Waals surface area contributed by atoms with Crippen LogP contribution in [0.15, 0.2) is 66.2 Å². The summed E-state index contributed by atoms with van der Waals surface area (Å²) in [6, 6.07) is 14.0. The number of hydrogen-bond donors (Lipinski definition) is 0. The van der Waals surface area contributed by atoms with Crippen molar-refractivity contribution in [2.75, 3.05) is 0 Å². The number of nitro benzene ring substituents is 1. The zero-order chi connectivity index (χ0) is 16.2. The van der Waals surface area contributed by atoms with Crippen molar-refractivity contribution in [1.29, 1.82) is 0 Å². The van der Waals surface area contributed by atoms with E-state index in [1.165, 1.54) is 12.1 Å². The van der Waals surface area contributed by atoms with Gasteiger partial charge in [0.1, 0.15) is 0 Å². The minimum absolute atomic E-state index is 0.0565. The first kappa shape index (κ1) is 14.6. The molecule has 2 aromatic carbocycles. The smallest absolute Gasteiger partial charge is 0.269 e. The number of benzene rings is 2. The van der Waals surface area contributed by atoms with Crippen molar-refractivity contribution < 1.29 is 4.92 Å². The van der Waals surface area contributed by atoms with Crippen LogP contribution in [-0.2, 0) is 6.54 Å². The molecule has 3 aromatic rings. The van der Waals surface area contributed by atoms with Crippen LogP contribution in [-0.4, -0.2) is 20.7 Å². The van der Waals surface area contributed by atoms with E-state index in [0.717, 1.165) is 16.6 Å². The minimum atomic E-state index is -0.426. The third kappa shape index (κ3) is 3.01. The van der Waals surface area contributed by atoms with Gasteiger partial charge in [0.25, 0.3) is 5.69 Å². The Morgan fingerprint density at radius 1 is 1.22 bits per heavy atom. The molecule has 0 aliphatic heterocycles. The molecule has 0 unspecified atom stereocenters. The van der Waals surface area contributed by atoms with Gasteiger partial charge in [-0.25, -0.2) is 9.98 Å². The summed E-state index contributed by atoms with van der Waals surface area (Å²) in [5.74, 6) is 0.574. The molecule has 6 nitrogen and oxygen atoms in total. The van der Waals surface area contributed by atoms with E-state index in [4.69, 9.17) is 0 Å². The lowest BCUT2D eigenvalue weighted by atomic mass is 10.2. The predicted molar refractivity (Wildman–Crippen MR) is 90.3 cm³/mol. The molecule has 0 aliphatic rings. The van der Waals surface area contributed by atoms with E-state index in [0.29, 0.717) is 12.5 Å². The van der Waals surface area contributed by atoms with Gasteiger partial charge in [-0.2, -0.15) is 0 Å². The lowest BCUT2D eigenvalue weighted by molar-refractivity contribution is -0.384. The number of allylic oxidation sites excluding steroid dienone is 1. The number of nitrogens with zero attached hydrogens (tertiary/aromatic N) is 4. The van der Waals surface area contributed by atoms with Crippen LogP contribution < -0.4 is 0 Å². The Kier molecular flexibility index (Phi) is 3.97. The monoisotopic (exact) mass is 306 g/mol. The zero-order valence-corrected chi connectivity index (χ0v) is 12.3. The van der Waals surface area contributed by atoms with E-state index in [1.54, 1.807) is 24.4 Å². The molecule has 0 bridgehead atoms. The molecule has 0 saturated carbocycles. The molecule has 6 heteroatoms. The maximum atomic E-state index is 10.7. The highest BCUT2D eigenvalue weighted by Crippen LogP contribution is 2.21. The molecule has 0 fully saturated rings. The van der Waals surface area contributed by atoms with Gasteiger partial charge < -0.3 is 4.57 Å². The molecule has 1 heterocycles. The topological polar surface area (TPSA) is 73.3 Å². The van der Waals surface area contributed by atoms with Gasteiger partial charge >= 0.3 is 0 Å². The fourth-order valence-electron chi connectivity index (χ4n) is 2.28. The fourth-order valence-corrected chi connectivity index (χ4v) is 2.28. The molecule has 0 spiro atoms. The molecule has 3 rings (SSSR count). The third-order valence-corrected chi connectivity index (χ3v) is 3.38. The molecule has 1 aromatic heterocycles. The number of hydrogen-bond acceptors (Lipinski definition) is 4. The average molecular weight is 306 g/mol. The summed E-state index contributed by atoms with van der Waals surface area (Å²) in [6.07, 6.45) is 3.43. The average Bonchev–Trinajstić information content (AvgIpc) is 2.92. The Labute approximate surface area is 132 Å². The number of non-ortho nitro benzene ring substituents is 1. The molecule has 23 heavy (non-hydrogen) atoms. The maximum Gasteiger partial charge on any atom is 0.269 e. The molecule has 114 valence electrons. The van der Waals surface area contributed by atoms with Crippen LogP contribution in [0.4, 0.5) is 11.6 Å². The summed E-state index contributed by atoms with van der Waals surface area (Å²) in [6.45, 7) is 4.37. The van der Waals surface area contributed by atoms with E-state index in [1.807, 2.05) is 28.8 Å². The predicted octanol–water partition coefficient (Wildman–Crippen LogP) is 3.88. The number of nitro groups is 1. The van der Waals surface area contributed by atoms with Gasteiger partial charge in [-0.3, -0.25) is 10.1 Å². The largest absolute Gasteiger partial charge is 0.305 e. The highest BCUT2D eigenvalue weighted by Gasteiger charge is 2.08. The molecule has 0 saturated heterocycles. The summed E-state index contributed by atoms with van der Waals surface area (Å²) < 4.78 is 1.96. The van der Waals surface area contributed by atoms with Gasteiger partial charge in [-0.05, 0) is 29.8 Å². The van der Waals surface area contributed by atoms with Crippen LogP contribution in [0.2, 0.25) is 0 Å². The van der Waals surface area contributed by atoms with Crippen LogP contribution in [0.3, 0.4) is 0 Å². The standard InChI is InChI=1S/C17H14N4O2/c1-2-11-20-16-6-4-3-5-15(16)19-17(20)18-12-13-7-9-14(10-8-13)21(22)23/h2-10,12H,1,11H2/b18-12+. The van der Waals surface area contributed by atoms with Crippen molar-refractivity contribution in [1.82, 2.24) is 9.55 Å². The van der Waals surface area contributed by atoms with Gasteiger partial charge in [-0.15, -0.1) is 6.58 Å². The zero-order valence-electron chi connectivity index (χ0n) is 12.3. The van der Waals surface area contributed by atoms with E-state index in [-0.39, 0.29) is 5.69 Å². The summed E-state index contributed by atoms with van der Waals surface area (Å²) in [5, 5.41) is 10.7. The molecular weight excluding hydrogens is 292 g/mol. The Balaban J connectivity index is 1.95. The van der Waals surface area contributed by atoms with E-state index in [9.17, 15) is 10.1 Å². The van der Waals surface area contributed by atoms with Crippen molar-refractivity contribution in [3.63, 3.8) is 0 Å².